The quantitative estimate of drug-likeness (QED) is 0.151. The van der Waals surface area contributed by atoms with E-state index in [1.807, 2.05) is 67.6 Å². The Morgan fingerprint density at radius 2 is 1.39 bits per heavy atom. The zero-order chi connectivity index (χ0) is 34.9. The summed E-state index contributed by atoms with van der Waals surface area (Å²) in [4.78, 5) is 27.7. The van der Waals surface area contributed by atoms with E-state index >= 15 is 0 Å². The standard InChI is InChI=1S/C39H40O10/c1-38(2)48-31-19-28(34(41)37(39(31,3)49-38)47-22-24-13-17-26(43-5)18-14-24)32-29(20-40)36(45-7)33-27(35(32)44-6)9-8-10-30(33)46-21-23-11-15-25(42-4)16-12-23/h8-20,31,37H,21-22H2,1-7H3/t31-,37-,39-/m1/s1. The fourth-order valence-electron chi connectivity index (χ4n) is 6.69. The molecule has 1 saturated heterocycles. The van der Waals surface area contributed by atoms with Crippen LogP contribution in [0, 0.1) is 0 Å². The van der Waals surface area contributed by atoms with Crippen LogP contribution in [0.4, 0.5) is 0 Å². The van der Waals surface area contributed by atoms with Crippen molar-refractivity contribution in [2.24, 2.45) is 0 Å². The van der Waals surface area contributed by atoms with Crippen LogP contribution in [-0.4, -0.2) is 64.1 Å². The molecule has 3 atom stereocenters. The fourth-order valence-corrected chi connectivity index (χ4v) is 6.69. The van der Waals surface area contributed by atoms with E-state index in [2.05, 4.69) is 0 Å². The van der Waals surface area contributed by atoms with E-state index in [1.165, 1.54) is 14.2 Å². The molecule has 4 aromatic carbocycles. The molecule has 0 unspecified atom stereocenters. The molecule has 6 rings (SSSR count). The van der Waals surface area contributed by atoms with Gasteiger partial charge in [-0.25, -0.2) is 0 Å². The third-order valence-corrected chi connectivity index (χ3v) is 8.95. The summed E-state index contributed by atoms with van der Waals surface area (Å²) in [5.74, 6) is 1.07. The Hall–Kier alpha value is -4.90. The van der Waals surface area contributed by atoms with Crippen molar-refractivity contribution < 1.29 is 47.5 Å². The van der Waals surface area contributed by atoms with Crippen LogP contribution in [0.15, 0.2) is 72.8 Å². The van der Waals surface area contributed by atoms with Gasteiger partial charge in [0.1, 0.15) is 47.1 Å². The fraction of sp³-hybridized carbons (Fsp3) is 0.333. The number of ketones is 1. The van der Waals surface area contributed by atoms with E-state index in [1.54, 1.807) is 40.2 Å². The van der Waals surface area contributed by atoms with Crippen LogP contribution in [0.3, 0.4) is 0 Å². The van der Waals surface area contributed by atoms with Crippen molar-refractivity contribution in [2.75, 3.05) is 28.4 Å². The van der Waals surface area contributed by atoms with Crippen LogP contribution < -0.4 is 23.7 Å². The maximum atomic E-state index is 14.7. The van der Waals surface area contributed by atoms with E-state index in [0.717, 1.165) is 16.9 Å². The molecular formula is C39H40O10. The minimum Gasteiger partial charge on any atom is -0.497 e. The van der Waals surface area contributed by atoms with Gasteiger partial charge in [-0.2, -0.15) is 0 Å². The Balaban J connectivity index is 1.45. The molecule has 1 heterocycles. The Morgan fingerprint density at radius 1 is 0.776 bits per heavy atom. The molecule has 49 heavy (non-hydrogen) atoms. The van der Waals surface area contributed by atoms with E-state index in [0.29, 0.717) is 34.3 Å². The highest BCUT2D eigenvalue weighted by molar-refractivity contribution is 6.28. The summed E-state index contributed by atoms with van der Waals surface area (Å²) in [6.07, 6.45) is 0.582. The van der Waals surface area contributed by atoms with Gasteiger partial charge in [-0.15, -0.1) is 0 Å². The molecular weight excluding hydrogens is 628 g/mol. The first kappa shape index (κ1) is 34.0. The second kappa shape index (κ2) is 13.5. The van der Waals surface area contributed by atoms with Crippen LogP contribution in [-0.2, 0) is 32.2 Å². The first-order valence-corrected chi connectivity index (χ1v) is 15.9. The summed E-state index contributed by atoms with van der Waals surface area (Å²) in [5.41, 5.74) is 1.19. The van der Waals surface area contributed by atoms with Gasteiger partial charge in [0.2, 0.25) is 0 Å². The van der Waals surface area contributed by atoms with Crippen LogP contribution in [0.2, 0.25) is 0 Å². The number of hydrogen-bond acceptors (Lipinski definition) is 10. The Morgan fingerprint density at radius 3 is 1.96 bits per heavy atom. The highest BCUT2D eigenvalue weighted by Gasteiger charge is 2.60. The van der Waals surface area contributed by atoms with Gasteiger partial charge in [0, 0.05) is 16.5 Å². The van der Waals surface area contributed by atoms with Crippen molar-refractivity contribution in [3.63, 3.8) is 0 Å². The van der Waals surface area contributed by atoms with E-state index in [4.69, 9.17) is 37.9 Å². The molecule has 2 aliphatic rings. The number of hydrogen-bond donors (Lipinski definition) is 0. The zero-order valence-electron chi connectivity index (χ0n) is 28.7. The van der Waals surface area contributed by atoms with Gasteiger partial charge in [-0.3, -0.25) is 9.59 Å². The minimum absolute atomic E-state index is 0.118. The Bertz CT molecular complexity index is 1890. The SMILES string of the molecule is COc1ccc(COc2cccc3c(OC)c(C4=C[C@H]5OC(C)(C)O[C@@]5(C)[C@H](OCc5ccc(OC)cc5)C4=O)c(C=O)c(OC)c23)cc1. The molecule has 0 bridgehead atoms. The first-order valence-electron chi connectivity index (χ1n) is 15.9. The van der Waals surface area contributed by atoms with Crippen LogP contribution >= 0.6 is 0 Å². The molecule has 0 amide bonds. The second-order valence-corrected chi connectivity index (χ2v) is 12.5. The molecule has 1 fully saturated rings. The number of fused-ring (bicyclic) bond motifs is 2. The average molecular weight is 669 g/mol. The van der Waals surface area contributed by atoms with Crippen molar-refractivity contribution in [1.82, 2.24) is 0 Å². The lowest BCUT2D eigenvalue weighted by Crippen LogP contribution is -2.55. The summed E-state index contributed by atoms with van der Waals surface area (Å²) in [5, 5.41) is 1.12. The summed E-state index contributed by atoms with van der Waals surface area (Å²) < 4.78 is 47.8. The molecule has 1 aliphatic heterocycles. The number of Topliss-reactive ketones (excluding diaryl/α,β-unsaturated/α-hetero) is 1. The lowest BCUT2D eigenvalue weighted by Gasteiger charge is -2.39. The molecule has 0 radical (unpaired) electrons. The summed E-state index contributed by atoms with van der Waals surface area (Å²) in [6.45, 7) is 5.75. The topological polar surface area (TPSA) is 108 Å². The van der Waals surface area contributed by atoms with Crippen molar-refractivity contribution >= 4 is 28.4 Å². The minimum atomic E-state index is -1.16. The summed E-state index contributed by atoms with van der Waals surface area (Å²) >= 11 is 0. The number of aldehydes is 1. The number of rotatable bonds is 12. The predicted octanol–water partition coefficient (Wildman–Crippen LogP) is 6.73. The van der Waals surface area contributed by atoms with E-state index in [-0.39, 0.29) is 41.4 Å². The number of benzene rings is 4. The molecule has 0 saturated carbocycles. The third-order valence-electron chi connectivity index (χ3n) is 8.95. The van der Waals surface area contributed by atoms with Gasteiger partial charge in [0.05, 0.1) is 46.0 Å². The molecule has 0 N–H and O–H groups in total. The predicted molar refractivity (Wildman–Crippen MR) is 183 cm³/mol. The monoisotopic (exact) mass is 668 g/mol. The van der Waals surface area contributed by atoms with Gasteiger partial charge in [-0.05, 0) is 68.3 Å². The van der Waals surface area contributed by atoms with Crippen molar-refractivity contribution in [3.05, 3.63) is 95.1 Å². The molecule has 0 aromatic heterocycles. The number of ether oxygens (including phenoxy) is 8. The highest BCUT2D eigenvalue weighted by Crippen LogP contribution is 2.51. The maximum absolute atomic E-state index is 14.7. The zero-order valence-corrected chi connectivity index (χ0v) is 28.7. The number of carbonyl (C=O) groups excluding carboxylic acids is 2. The van der Waals surface area contributed by atoms with Gasteiger partial charge >= 0.3 is 0 Å². The number of methoxy groups -OCH3 is 4. The van der Waals surface area contributed by atoms with Crippen molar-refractivity contribution in [1.29, 1.82) is 0 Å². The molecule has 4 aromatic rings. The molecule has 1 aliphatic carbocycles. The van der Waals surface area contributed by atoms with Crippen molar-refractivity contribution in [2.45, 2.75) is 57.6 Å². The van der Waals surface area contributed by atoms with E-state index < -0.39 is 23.6 Å². The molecule has 10 heteroatoms. The van der Waals surface area contributed by atoms with Crippen LogP contribution in [0.25, 0.3) is 16.3 Å². The van der Waals surface area contributed by atoms with Gasteiger partial charge < -0.3 is 37.9 Å². The largest absolute Gasteiger partial charge is 0.497 e. The third kappa shape index (κ3) is 6.23. The maximum Gasteiger partial charge on any atom is 0.195 e. The van der Waals surface area contributed by atoms with Gasteiger partial charge in [0.25, 0.3) is 0 Å². The van der Waals surface area contributed by atoms with Crippen molar-refractivity contribution in [3.8, 4) is 28.7 Å². The summed E-state index contributed by atoms with van der Waals surface area (Å²) in [6, 6.07) is 20.4. The highest BCUT2D eigenvalue weighted by atomic mass is 16.8. The van der Waals surface area contributed by atoms with E-state index in [9.17, 15) is 9.59 Å². The average Bonchev–Trinajstić information content (AvgIpc) is 3.36. The van der Waals surface area contributed by atoms with Crippen LogP contribution in [0.1, 0.15) is 47.8 Å². The van der Waals surface area contributed by atoms with Gasteiger partial charge in [0.15, 0.2) is 24.0 Å². The molecule has 0 spiro atoms. The number of carbonyl (C=O) groups is 2. The lowest BCUT2D eigenvalue weighted by molar-refractivity contribution is -0.189. The van der Waals surface area contributed by atoms with Gasteiger partial charge in [-0.1, -0.05) is 36.4 Å². The van der Waals surface area contributed by atoms with Crippen LogP contribution in [0.5, 0.6) is 28.7 Å². The molecule has 256 valence electrons. The Kier molecular flexibility index (Phi) is 9.39. The summed E-state index contributed by atoms with van der Waals surface area (Å²) in [7, 11) is 6.18. The molecule has 10 nitrogen and oxygen atoms in total. The Labute approximate surface area is 285 Å². The second-order valence-electron chi connectivity index (χ2n) is 12.5. The lowest BCUT2D eigenvalue weighted by atomic mass is 9.77. The normalized spacial score (nSPS) is 21.1. The first-order chi connectivity index (χ1) is 23.6. The smallest absolute Gasteiger partial charge is 0.195 e.